The third-order valence-corrected chi connectivity index (χ3v) is 4.54. The first kappa shape index (κ1) is 19.1. The van der Waals surface area contributed by atoms with Crippen LogP contribution in [0.25, 0.3) is 0 Å². The monoisotopic (exact) mass is 395 g/mol. The van der Waals surface area contributed by atoms with Gasteiger partial charge in [-0.1, -0.05) is 12.1 Å². The van der Waals surface area contributed by atoms with Crippen LogP contribution in [0.1, 0.15) is 41.9 Å². The van der Waals surface area contributed by atoms with E-state index in [0.717, 1.165) is 12.8 Å². The predicted octanol–water partition coefficient (Wildman–Crippen LogP) is 2.00. The van der Waals surface area contributed by atoms with E-state index >= 15 is 0 Å². The average Bonchev–Trinajstić information content (AvgIpc) is 2.61. The van der Waals surface area contributed by atoms with Gasteiger partial charge in [-0.2, -0.15) is 0 Å². The molecular weight excluding hydrogens is 362 g/mol. The fourth-order valence-corrected chi connectivity index (χ4v) is 3.17. The van der Waals surface area contributed by atoms with Crippen LogP contribution in [-0.2, 0) is 10.4 Å². The van der Waals surface area contributed by atoms with Gasteiger partial charge in [0.15, 0.2) is 0 Å². The van der Waals surface area contributed by atoms with Crippen molar-refractivity contribution in [3.63, 3.8) is 0 Å². The van der Waals surface area contributed by atoms with Crippen molar-refractivity contribution >= 4 is 11.8 Å². The molecule has 0 saturated carbocycles. The molecule has 1 aliphatic rings. The van der Waals surface area contributed by atoms with E-state index in [-0.39, 0.29) is 18.2 Å². The van der Waals surface area contributed by atoms with Crippen molar-refractivity contribution in [1.29, 1.82) is 0 Å². The number of nitrogens with zero attached hydrogens (tertiary/aromatic N) is 3. The Bertz CT molecular complexity index is 802. The molecule has 1 aromatic rings. The lowest BCUT2D eigenvalue weighted by molar-refractivity contribution is -0.385. The molecule has 1 amide bonds. The number of carbonyl (C=O) groups is 1. The lowest BCUT2D eigenvalue weighted by Gasteiger charge is -2.48. The maximum absolute atomic E-state index is 12.6. The highest BCUT2D eigenvalue weighted by atomic mass is 16.6. The van der Waals surface area contributed by atoms with Gasteiger partial charge in [0.2, 0.25) is 0 Å². The van der Waals surface area contributed by atoms with Crippen LogP contribution >= 0.6 is 0 Å². The molecule has 4 N–H and O–H groups in total. The minimum absolute atomic E-state index is 0.00488. The SMILES string of the molecule is [2H]c1ccc(C2(N)CN(C(=O)OC(C)(C)C)CCN2CCCCN)c([2H])c1[N+](=O)[O-]. The van der Waals surface area contributed by atoms with Gasteiger partial charge in [-0.05, 0) is 45.7 Å². The zero-order valence-corrected chi connectivity index (χ0v) is 16.7. The van der Waals surface area contributed by atoms with Crippen molar-refractivity contribution in [2.24, 2.45) is 11.5 Å². The molecule has 1 atom stereocenters. The highest BCUT2D eigenvalue weighted by molar-refractivity contribution is 5.68. The Morgan fingerprint density at radius 1 is 1.43 bits per heavy atom. The highest BCUT2D eigenvalue weighted by Crippen LogP contribution is 2.31. The standard InChI is InChI=1S/C19H31N5O4/c1-18(2,3)28-17(25)22-11-12-23(10-5-4-9-20)19(21,14-22)15-7-6-8-16(13-15)24(26)27/h6-8,13H,4-5,9-12,14,20-21H2,1-3H3/i8D,13D. The molecule has 1 aromatic carbocycles. The number of unbranched alkanes of at least 4 members (excludes halogenated alkanes) is 1. The molecule has 9 heteroatoms. The maximum Gasteiger partial charge on any atom is 0.410 e. The predicted molar refractivity (Wildman–Crippen MR) is 107 cm³/mol. The van der Waals surface area contributed by atoms with Gasteiger partial charge in [-0.3, -0.25) is 15.0 Å². The van der Waals surface area contributed by atoms with E-state index in [0.29, 0.717) is 26.2 Å². The minimum Gasteiger partial charge on any atom is -0.444 e. The van der Waals surface area contributed by atoms with E-state index in [1.807, 2.05) is 4.90 Å². The van der Waals surface area contributed by atoms with Crippen LogP contribution in [0.4, 0.5) is 10.5 Å². The second kappa shape index (κ2) is 8.85. The number of benzene rings is 1. The van der Waals surface area contributed by atoms with Crippen LogP contribution < -0.4 is 11.5 Å². The van der Waals surface area contributed by atoms with Gasteiger partial charge in [0.25, 0.3) is 5.69 Å². The molecule has 0 spiro atoms. The van der Waals surface area contributed by atoms with Crippen molar-refractivity contribution < 1.29 is 17.2 Å². The number of carbonyl (C=O) groups excluding carboxylic acids is 1. The summed E-state index contributed by atoms with van der Waals surface area (Å²) in [6, 6.07) is 1.97. The number of nitro groups is 1. The van der Waals surface area contributed by atoms with Crippen LogP contribution in [-0.4, -0.2) is 59.1 Å². The van der Waals surface area contributed by atoms with Crippen LogP contribution in [0.2, 0.25) is 0 Å². The summed E-state index contributed by atoms with van der Waals surface area (Å²) in [5.74, 6) is 0. The summed E-state index contributed by atoms with van der Waals surface area (Å²) in [5.41, 5.74) is 9.93. The smallest absolute Gasteiger partial charge is 0.410 e. The van der Waals surface area contributed by atoms with Crippen LogP contribution in [0.15, 0.2) is 24.2 Å². The van der Waals surface area contributed by atoms with Crippen molar-refractivity contribution in [1.82, 2.24) is 9.80 Å². The first-order valence-electron chi connectivity index (χ1n) is 10.4. The number of ether oxygens (including phenoxy) is 1. The third kappa shape index (κ3) is 5.40. The zero-order valence-electron chi connectivity index (χ0n) is 18.7. The number of nitro benzene ring substituents is 1. The van der Waals surface area contributed by atoms with Crippen LogP contribution in [0.5, 0.6) is 0 Å². The molecule has 0 aliphatic carbocycles. The van der Waals surface area contributed by atoms with Gasteiger partial charge in [-0.15, -0.1) is 0 Å². The number of rotatable bonds is 6. The number of amides is 1. The van der Waals surface area contributed by atoms with Gasteiger partial charge in [0.05, 0.1) is 14.2 Å². The molecule has 0 radical (unpaired) electrons. The Balaban J connectivity index is 2.45. The van der Waals surface area contributed by atoms with Gasteiger partial charge in [0, 0.05) is 31.7 Å². The van der Waals surface area contributed by atoms with Crippen LogP contribution in [0, 0.1) is 10.1 Å². The van der Waals surface area contributed by atoms with Gasteiger partial charge in [0.1, 0.15) is 11.3 Å². The Labute approximate surface area is 168 Å². The van der Waals surface area contributed by atoms with Crippen LogP contribution in [0.3, 0.4) is 0 Å². The number of piperazine rings is 1. The molecule has 1 aliphatic heterocycles. The fourth-order valence-electron chi connectivity index (χ4n) is 3.17. The molecule has 2 rings (SSSR count). The highest BCUT2D eigenvalue weighted by Gasteiger charge is 2.42. The molecule has 1 heterocycles. The summed E-state index contributed by atoms with van der Waals surface area (Å²) in [4.78, 5) is 26.7. The molecule has 1 fully saturated rings. The normalized spacial score (nSPS) is 21.8. The van der Waals surface area contributed by atoms with E-state index in [2.05, 4.69) is 0 Å². The topological polar surface area (TPSA) is 128 Å². The molecular formula is C19H31N5O4. The molecule has 0 aromatic heterocycles. The largest absolute Gasteiger partial charge is 0.444 e. The number of nitrogens with two attached hydrogens (primary N) is 2. The first-order chi connectivity index (χ1) is 13.9. The van der Waals surface area contributed by atoms with Gasteiger partial charge < -0.3 is 21.1 Å². The summed E-state index contributed by atoms with van der Waals surface area (Å²) in [6.07, 6.45) is 1.01. The van der Waals surface area contributed by atoms with Gasteiger partial charge >= 0.3 is 6.09 Å². The zero-order chi connectivity index (χ0) is 22.7. The summed E-state index contributed by atoms with van der Waals surface area (Å²) < 4.78 is 21.6. The minimum atomic E-state index is -1.33. The molecule has 1 saturated heterocycles. The number of hydrogen-bond acceptors (Lipinski definition) is 7. The van der Waals surface area contributed by atoms with Crippen molar-refractivity contribution in [3.05, 3.63) is 39.9 Å². The summed E-state index contributed by atoms with van der Waals surface area (Å²) >= 11 is 0. The summed E-state index contributed by atoms with van der Waals surface area (Å²) in [6.45, 7) is 7.18. The molecule has 28 heavy (non-hydrogen) atoms. The second-order valence-electron chi connectivity index (χ2n) is 7.93. The maximum atomic E-state index is 12.6. The number of hydrogen-bond donors (Lipinski definition) is 2. The lowest BCUT2D eigenvalue weighted by atomic mass is 9.94. The van der Waals surface area contributed by atoms with E-state index in [9.17, 15) is 14.9 Å². The van der Waals surface area contributed by atoms with E-state index in [1.165, 1.54) is 17.0 Å². The average molecular weight is 396 g/mol. The van der Waals surface area contributed by atoms with Crippen molar-refractivity contribution in [3.8, 4) is 0 Å². The second-order valence-corrected chi connectivity index (χ2v) is 7.93. The Morgan fingerprint density at radius 2 is 2.14 bits per heavy atom. The Morgan fingerprint density at radius 3 is 2.75 bits per heavy atom. The quantitative estimate of drug-likeness (QED) is 0.428. The molecule has 1 unspecified atom stereocenters. The Hall–Kier alpha value is -2.23. The van der Waals surface area contributed by atoms with E-state index < -0.39 is 34.0 Å². The van der Waals surface area contributed by atoms with Crippen molar-refractivity contribution in [2.75, 3.05) is 32.7 Å². The van der Waals surface area contributed by atoms with E-state index in [1.54, 1.807) is 20.8 Å². The third-order valence-electron chi connectivity index (χ3n) is 4.54. The first-order valence-corrected chi connectivity index (χ1v) is 9.37. The molecule has 9 nitrogen and oxygen atoms in total. The summed E-state index contributed by atoms with van der Waals surface area (Å²) in [5, 5.41) is 11.4. The fraction of sp³-hybridized carbons (Fsp3) is 0.632. The lowest BCUT2D eigenvalue weighted by Crippen LogP contribution is -2.66. The molecule has 0 bridgehead atoms. The Kier molecular flexibility index (Phi) is 6.04. The summed E-state index contributed by atoms with van der Waals surface area (Å²) in [7, 11) is 0. The van der Waals surface area contributed by atoms with Gasteiger partial charge in [-0.25, -0.2) is 4.79 Å². The molecule has 156 valence electrons. The van der Waals surface area contributed by atoms with Crippen molar-refractivity contribution in [2.45, 2.75) is 44.9 Å². The van der Waals surface area contributed by atoms with E-state index in [4.69, 9.17) is 18.9 Å².